The van der Waals surface area contributed by atoms with Gasteiger partial charge in [0.15, 0.2) is 11.2 Å². The predicted octanol–water partition coefficient (Wildman–Crippen LogP) is 4.72. The van der Waals surface area contributed by atoms with Gasteiger partial charge in [0.2, 0.25) is 6.29 Å². The van der Waals surface area contributed by atoms with E-state index in [1.165, 1.54) is 6.26 Å². The Kier molecular flexibility index (Phi) is 7.83. The van der Waals surface area contributed by atoms with E-state index in [-0.39, 0.29) is 42.0 Å². The average Bonchev–Trinajstić information content (AvgIpc) is 3.43. The lowest BCUT2D eigenvalue weighted by Gasteiger charge is -2.35. The SMILES string of the molecule is O=C(C1=C[C@H](c2coc3ccccc3c2=O)C[C@H](OCc2ccc(CO)cc2)O1)N1CCC(n2c(=O)[nH]c3ccccc32)CC1. The van der Waals surface area contributed by atoms with Gasteiger partial charge in [-0.25, -0.2) is 4.79 Å². The van der Waals surface area contributed by atoms with E-state index in [9.17, 15) is 19.5 Å². The zero-order valence-electron chi connectivity index (χ0n) is 24.6. The maximum Gasteiger partial charge on any atom is 0.326 e. The number of allylic oxidation sites excluding steroid dienone is 1. The molecule has 7 rings (SSSR count). The van der Waals surface area contributed by atoms with Crippen molar-refractivity contribution < 1.29 is 23.8 Å². The largest absolute Gasteiger partial charge is 0.464 e. The molecule has 230 valence electrons. The number of ether oxygens (including phenoxy) is 2. The van der Waals surface area contributed by atoms with Crippen LogP contribution in [0.25, 0.3) is 22.0 Å². The van der Waals surface area contributed by atoms with Gasteiger partial charge in [0.1, 0.15) is 5.58 Å². The molecule has 1 amide bonds. The number of aliphatic hydroxyl groups is 1. The Hall–Kier alpha value is -4.93. The quantitative estimate of drug-likeness (QED) is 0.274. The van der Waals surface area contributed by atoms with Gasteiger partial charge in [-0.1, -0.05) is 48.5 Å². The monoisotopic (exact) mass is 607 g/mol. The number of para-hydroxylation sites is 3. The minimum atomic E-state index is -0.787. The van der Waals surface area contributed by atoms with Gasteiger partial charge in [-0.15, -0.1) is 0 Å². The summed E-state index contributed by atoms with van der Waals surface area (Å²) < 4.78 is 19.9. The third-order valence-corrected chi connectivity index (χ3v) is 8.76. The molecule has 1 saturated heterocycles. The Morgan fingerprint density at radius 1 is 0.956 bits per heavy atom. The zero-order valence-corrected chi connectivity index (χ0v) is 24.6. The summed E-state index contributed by atoms with van der Waals surface area (Å²) in [5.41, 5.74) is 3.95. The molecule has 3 aromatic carbocycles. The second kappa shape index (κ2) is 12.2. The standard InChI is InChI=1S/C35H33N3O7/c39-19-22-9-11-23(12-10-22)20-44-32-18-24(27-21-43-30-8-4-1-5-26(30)33(27)40)17-31(45-32)34(41)37-15-13-25(14-16-37)38-29-7-3-2-6-28(29)36-35(38)42/h1-12,17,21,24-25,32,39H,13-16,18-20H2,(H,36,42)/t24-,32+/m0/s1. The number of rotatable bonds is 7. The third kappa shape index (κ3) is 5.70. The highest BCUT2D eigenvalue weighted by Gasteiger charge is 2.34. The molecule has 2 N–H and O–H groups in total. The summed E-state index contributed by atoms with van der Waals surface area (Å²) in [5, 5.41) is 9.82. The van der Waals surface area contributed by atoms with Crippen LogP contribution in [-0.4, -0.2) is 44.8 Å². The lowest BCUT2D eigenvalue weighted by molar-refractivity contribution is -0.156. The van der Waals surface area contributed by atoms with E-state index < -0.39 is 12.2 Å². The number of carbonyl (C=O) groups excluding carboxylic acids is 1. The summed E-state index contributed by atoms with van der Waals surface area (Å²) in [5.74, 6) is -0.625. The minimum Gasteiger partial charge on any atom is -0.464 e. The van der Waals surface area contributed by atoms with Crippen molar-refractivity contribution in [3.05, 3.63) is 128 Å². The maximum atomic E-state index is 13.9. The van der Waals surface area contributed by atoms with Crippen LogP contribution in [0.2, 0.25) is 0 Å². The van der Waals surface area contributed by atoms with E-state index >= 15 is 0 Å². The Balaban J connectivity index is 1.12. The molecular weight excluding hydrogens is 574 g/mol. The molecule has 10 nitrogen and oxygen atoms in total. The number of carbonyl (C=O) groups is 1. The lowest BCUT2D eigenvalue weighted by Crippen LogP contribution is -2.42. The van der Waals surface area contributed by atoms with Crippen molar-refractivity contribution in [1.29, 1.82) is 0 Å². The molecule has 0 radical (unpaired) electrons. The number of aliphatic hydroxyl groups excluding tert-OH is 1. The highest BCUT2D eigenvalue weighted by molar-refractivity contribution is 5.92. The number of benzene rings is 3. The first-order chi connectivity index (χ1) is 22.0. The van der Waals surface area contributed by atoms with Gasteiger partial charge in [-0.2, -0.15) is 0 Å². The van der Waals surface area contributed by atoms with Crippen molar-refractivity contribution in [2.45, 2.75) is 50.7 Å². The van der Waals surface area contributed by atoms with E-state index in [0.29, 0.717) is 48.9 Å². The predicted molar refractivity (Wildman–Crippen MR) is 167 cm³/mol. The van der Waals surface area contributed by atoms with Gasteiger partial charge in [0.25, 0.3) is 5.91 Å². The number of imidazole rings is 1. The van der Waals surface area contributed by atoms with Gasteiger partial charge in [-0.3, -0.25) is 14.2 Å². The molecule has 0 aliphatic carbocycles. The number of piperidine rings is 1. The molecule has 5 aromatic rings. The molecular formula is C35H33N3O7. The fraction of sp³-hybridized carbons (Fsp3) is 0.286. The van der Waals surface area contributed by atoms with Crippen LogP contribution in [0.1, 0.15) is 47.9 Å². The number of hydrogen-bond acceptors (Lipinski definition) is 7. The second-order valence-electron chi connectivity index (χ2n) is 11.6. The summed E-state index contributed by atoms with van der Waals surface area (Å²) in [6.07, 6.45) is 3.93. The highest BCUT2D eigenvalue weighted by Crippen LogP contribution is 2.33. The van der Waals surface area contributed by atoms with Crippen LogP contribution in [0.4, 0.5) is 0 Å². The molecule has 2 aliphatic rings. The van der Waals surface area contributed by atoms with Crippen molar-refractivity contribution in [3.63, 3.8) is 0 Å². The van der Waals surface area contributed by atoms with Crippen molar-refractivity contribution in [2.24, 2.45) is 0 Å². The summed E-state index contributed by atoms with van der Waals surface area (Å²) >= 11 is 0. The molecule has 0 saturated carbocycles. The number of fused-ring (bicyclic) bond motifs is 2. The van der Waals surface area contributed by atoms with Crippen LogP contribution in [0.5, 0.6) is 0 Å². The molecule has 0 bridgehead atoms. The number of amides is 1. The first-order valence-electron chi connectivity index (χ1n) is 15.2. The number of hydrogen-bond donors (Lipinski definition) is 2. The molecule has 2 atom stereocenters. The Morgan fingerprint density at radius 2 is 1.69 bits per heavy atom. The fourth-order valence-electron chi connectivity index (χ4n) is 6.33. The second-order valence-corrected chi connectivity index (χ2v) is 11.6. The average molecular weight is 608 g/mol. The van der Waals surface area contributed by atoms with E-state index in [1.807, 2.05) is 54.6 Å². The minimum absolute atomic E-state index is 0.0396. The highest BCUT2D eigenvalue weighted by atomic mass is 16.7. The molecule has 0 unspecified atom stereocenters. The van der Waals surface area contributed by atoms with Crippen LogP contribution < -0.4 is 11.1 Å². The fourth-order valence-corrected chi connectivity index (χ4v) is 6.33. The number of H-pyrrole nitrogens is 1. The van der Waals surface area contributed by atoms with Gasteiger partial charge in [0, 0.05) is 37.0 Å². The van der Waals surface area contributed by atoms with Gasteiger partial charge in [-0.05, 0) is 54.3 Å². The Bertz CT molecular complexity index is 2000. The van der Waals surface area contributed by atoms with Crippen LogP contribution in [0.3, 0.4) is 0 Å². The Labute approximate surface area is 258 Å². The maximum absolute atomic E-state index is 13.9. The van der Waals surface area contributed by atoms with Crippen LogP contribution in [0, 0.1) is 0 Å². The summed E-state index contributed by atoms with van der Waals surface area (Å²) in [7, 11) is 0. The van der Waals surface area contributed by atoms with Crippen molar-refractivity contribution in [1.82, 2.24) is 14.5 Å². The van der Waals surface area contributed by atoms with E-state index in [1.54, 1.807) is 33.7 Å². The van der Waals surface area contributed by atoms with Crippen LogP contribution in [0.15, 0.2) is 105 Å². The van der Waals surface area contributed by atoms with E-state index in [0.717, 1.165) is 22.2 Å². The van der Waals surface area contributed by atoms with E-state index in [4.69, 9.17) is 13.9 Å². The first kappa shape index (κ1) is 28.8. The summed E-state index contributed by atoms with van der Waals surface area (Å²) in [4.78, 5) is 44.8. The molecule has 0 spiro atoms. The number of nitrogens with zero attached hydrogens (tertiary/aromatic N) is 2. The summed E-state index contributed by atoms with van der Waals surface area (Å²) in [6, 6.07) is 22.0. The molecule has 10 heteroatoms. The third-order valence-electron chi connectivity index (χ3n) is 8.76. The van der Waals surface area contributed by atoms with Gasteiger partial charge in [0.05, 0.1) is 35.9 Å². The van der Waals surface area contributed by atoms with Gasteiger partial charge < -0.3 is 28.9 Å². The molecule has 2 aromatic heterocycles. The summed E-state index contributed by atoms with van der Waals surface area (Å²) in [6.45, 7) is 1.07. The van der Waals surface area contributed by atoms with Crippen molar-refractivity contribution in [2.75, 3.05) is 13.1 Å². The van der Waals surface area contributed by atoms with Crippen molar-refractivity contribution >= 4 is 27.9 Å². The molecule has 45 heavy (non-hydrogen) atoms. The smallest absolute Gasteiger partial charge is 0.326 e. The lowest BCUT2D eigenvalue weighted by atomic mass is 9.93. The normalized spacial score (nSPS) is 19.0. The number of aromatic amines is 1. The molecule has 1 fully saturated rings. The Morgan fingerprint density at radius 3 is 2.49 bits per heavy atom. The van der Waals surface area contributed by atoms with Crippen LogP contribution in [-0.2, 0) is 27.5 Å². The number of likely N-dealkylation sites (tertiary alicyclic amines) is 1. The molecule has 2 aliphatic heterocycles. The molecule has 4 heterocycles. The first-order valence-corrected chi connectivity index (χ1v) is 15.2. The zero-order chi connectivity index (χ0) is 30.9. The topological polar surface area (TPSA) is 127 Å². The number of nitrogens with one attached hydrogen (secondary N) is 1. The van der Waals surface area contributed by atoms with Crippen molar-refractivity contribution in [3.8, 4) is 0 Å². The van der Waals surface area contributed by atoms with Gasteiger partial charge >= 0.3 is 5.69 Å². The van der Waals surface area contributed by atoms with Crippen LogP contribution >= 0.6 is 0 Å². The van der Waals surface area contributed by atoms with E-state index in [2.05, 4.69) is 4.98 Å². The number of aromatic nitrogens is 2.